The Morgan fingerprint density at radius 1 is 0.787 bits per heavy atom. The molecule has 0 saturated heterocycles. The van der Waals surface area contributed by atoms with E-state index < -0.39 is 15.1 Å². The summed E-state index contributed by atoms with van der Waals surface area (Å²) in [7, 11) is -3.32. The fraction of sp³-hybridized carbons (Fsp3) is 0.119. The number of nitrogens with one attached hydrogen (secondary N) is 1. The zero-order valence-corrected chi connectivity index (χ0v) is 27.0. The van der Waals surface area contributed by atoms with Crippen LogP contribution in [-0.2, 0) is 22.7 Å². The van der Waals surface area contributed by atoms with E-state index in [1.165, 1.54) is 32.3 Å². The Kier molecular flexibility index (Phi) is 8.56. The van der Waals surface area contributed by atoms with Gasteiger partial charge in [0.2, 0.25) is 0 Å². The lowest BCUT2D eigenvalue weighted by Gasteiger charge is -2.24. The van der Waals surface area contributed by atoms with Crippen LogP contribution < -0.4 is 15.8 Å². The van der Waals surface area contributed by atoms with Crippen molar-refractivity contribution in [2.24, 2.45) is 4.99 Å². The summed E-state index contributed by atoms with van der Waals surface area (Å²) in [4.78, 5) is 4.67. The molecular weight excluding hydrogens is 597 g/mol. The molecule has 3 aliphatic rings. The molecule has 5 aromatic rings. The summed E-state index contributed by atoms with van der Waals surface area (Å²) in [6.07, 6.45) is 11.4. The minimum Gasteiger partial charge on any atom is -0.359 e. The predicted molar refractivity (Wildman–Crippen MR) is 195 cm³/mol. The van der Waals surface area contributed by atoms with Crippen LogP contribution in [0.4, 0.5) is 5.69 Å². The molecular formula is C42H36N2O2S. The standard InChI is InChI=1S/C22H18N2.C20H18O2S/c1-3-7-17(8-4-1)13-21-16-24-22-12-11-19(14-20(22)15-23-21)18-9-5-2-6-10-18;1-2-23(21,22)19-9-5-7-15-11-12-17-16-8-4-3-6-14(16)10-13-18(17)20(15)19/h1-12,14-16,24H,13H2;2-4,6-8,10-12,19H,1,5,9,13H2/t;19-/m.1/s1. The fourth-order valence-electron chi connectivity index (χ4n) is 6.69. The van der Waals surface area contributed by atoms with E-state index >= 15 is 0 Å². The van der Waals surface area contributed by atoms with E-state index in [9.17, 15) is 8.42 Å². The second-order valence-electron chi connectivity index (χ2n) is 12.0. The summed E-state index contributed by atoms with van der Waals surface area (Å²) in [6, 6.07) is 39.8. The molecule has 5 aromatic carbocycles. The lowest BCUT2D eigenvalue weighted by Crippen LogP contribution is -2.26. The number of aliphatic imine (C=N–C) groups is 1. The molecule has 47 heavy (non-hydrogen) atoms. The minimum atomic E-state index is -3.32. The largest absolute Gasteiger partial charge is 0.359 e. The molecule has 0 amide bonds. The number of sulfone groups is 1. The van der Waals surface area contributed by atoms with Crippen molar-refractivity contribution in [2.75, 3.05) is 5.32 Å². The molecule has 0 spiro atoms. The summed E-state index contributed by atoms with van der Waals surface area (Å²) in [5.74, 6) is 0. The van der Waals surface area contributed by atoms with Gasteiger partial charge in [-0.15, -0.1) is 0 Å². The van der Waals surface area contributed by atoms with Gasteiger partial charge in [-0.25, -0.2) is 8.42 Å². The van der Waals surface area contributed by atoms with Gasteiger partial charge in [-0.3, -0.25) is 4.99 Å². The van der Waals surface area contributed by atoms with Gasteiger partial charge in [-0.05, 0) is 80.1 Å². The highest BCUT2D eigenvalue weighted by Gasteiger charge is 2.29. The third-order valence-corrected chi connectivity index (χ3v) is 10.8. The van der Waals surface area contributed by atoms with Crippen molar-refractivity contribution in [3.63, 3.8) is 0 Å². The van der Waals surface area contributed by atoms with E-state index in [0.717, 1.165) is 58.0 Å². The molecule has 4 nitrogen and oxygen atoms in total. The normalized spacial score (nSPS) is 15.7. The van der Waals surface area contributed by atoms with Crippen LogP contribution in [0.3, 0.4) is 0 Å². The second kappa shape index (κ2) is 13.2. The first kappa shape index (κ1) is 30.4. The zero-order valence-electron chi connectivity index (χ0n) is 26.1. The van der Waals surface area contributed by atoms with E-state index in [0.29, 0.717) is 6.42 Å². The highest BCUT2D eigenvalue weighted by Crippen LogP contribution is 2.33. The first-order valence-electron chi connectivity index (χ1n) is 16.0. The van der Waals surface area contributed by atoms with E-state index in [-0.39, 0.29) is 0 Å². The molecule has 8 rings (SSSR count). The molecule has 5 heteroatoms. The van der Waals surface area contributed by atoms with Gasteiger partial charge in [0.05, 0.1) is 10.9 Å². The highest BCUT2D eigenvalue weighted by atomic mass is 32.2. The molecule has 1 N–H and O–H groups in total. The first-order valence-corrected chi connectivity index (χ1v) is 17.6. The summed E-state index contributed by atoms with van der Waals surface area (Å²) in [6.45, 7) is 3.52. The fourth-order valence-corrected chi connectivity index (χ4v) is 7.99. The molecule has 2 aliphatic carbocycles. The number of hydrogen-bond donors (Lipinski definition) is 1. The Labute approximate surface area is 276 Å². The summed E-state index contributed by atoms with van der Waals surface area (Å²) in [5.41, 5.74) is 9.05. The Hall–Kier alpha value is -5.26. The smallest absolute Gasteiger partial charge is 0.178 e. The van der Waals surface area contributed by atoms with Gasteiger partial charge in [-0.1, -0.05) is 122 Å². The van der Waals surface area contributed by atoms with Gasteiger partial charge in [-0.2, -0.15) is 0 Å². The van der Waals surface area contributed by atoms with Gasteiger partial charge in [0.25, 0.3) is 0 Å². The molecule has 232 valence electrons. The van der Waals surface area contributed by atoms with E-state index in [1.54, 1.807) is 0 Å². The van der Waals surface area contributed by atoms with Crippen molar-refractivity contribution >= 4 is 33.9 Å². The van der Waals surface area contributed by atoms with Crippen molar-refractivity contribution in [3.8, 4) is 11.1 Å². The van der Waals surface area contributed by atoms with Gasteiger partial charge >= 0.3 is 0 Å². The van der Waals surface area contributed by atoms with Gasteiger partial charge in [0.15, 0.2) is 9.84 Å². The number of hydrogen-bond acceptors (Lipinski definition) is 4. The van der Waals surface area contributed by atoms with Crippen LogP contribution in [0.25, 0.3) is 23.3 Å². The first-order chi connectivity index (χ1) is 23.0. The van der Waals surface area contributed by atoms with Crippen molar-refractivity contribution in [1.29, 1.82) is 0 Å². The molecule has 0 radical (unpaired) electrons. The maximum Gasteiger partial charge on any atom is 0.178 e. The SMILES string of the molecule is C1=NC(Cc2ccccc2)=CNc2ccc(-c3ccccc3)cc21.C=CS(=O)(=O)[C@@H]1CCC=c2ccc3c(c21)CC=c1ccccc1=3. The molecule has 1 aliphatic heterocycles. The van der Waals surface area contributed by atoms with Crippen LogP contribution in [0.15, 0.2) is 144 Å². The topological polar surface area (TPSA) is 58.5 Å². The van der Waals surface area contributed by atoms with Crippen LogP contribution in [0.1, 0.15) is 40.3 Å². The Balaban J connectivity index is 0.000000150. The summed E-state index contributed by atoms with van der Waals surface area (Å²) >= 11 is 0. The van der Waals surface area contributed by atoms with E-state index in [1.807, 2.05) is 36.7 Å². The van der Waals surface area contributed by atoms with Gasteiger partial charge < -0.3 is 5.32 Å². The number of rotatable bonds is 5. The van der Waals surface area contributed by atoms with Crippen LogP contribution in [0.5, 0.6) is 0 Å². The predicted octanol–water partition coefficient (Wildman–Crippen LogP) is 7.77. The average Bonchev–Trinajstić information content (AvgIpc) is 3.33. The minimum absolute atomic E-state index is 0.464. The molecule has 0 bridgehead atoms. The molecule has 0 aromatic heterocycles. The van der Waals surface area contributed by atoms with Gasteiger partial charge in [0, 0.05) is 35.5 Å². The van der Waals surface area contributed by atoms with E-state index in [4.69, 9.17) is 0 Å². The molecule has 0 fully saturated rings. The van der Waals surface area contributed by atoms with Crippen molar-refractivity contribution in [1.82, 2.24) is 0 Å². The number of nitrogens with zero attached hydrogens (tertiary/aromatic N) is 1. The van der Waals surface area contributed by atoms with Crippen molar-refractivity contribution < 1.29 is 8.42 Å². The van der Waals surface area contributed by atoms with Crippen molar-refractivity contribution in [2.45, 2.75) is 30.9 Å². The lowest BCUT2D eigenvalue weighted by molar-refractivity contribution is 0.583. The highest BCUT2D eigenvalue weighted by molar-refractivity contribution is 7.94. The van der Waals surface area contributed by atoms with Crippen LogP contribution in [0, 0.1) is 10.4 Å². The maximum atomic E-state index is 12.5. The Morgan fingerprint density at radius 3 is 2.36 bits per heavy atom. The van der Waals surface area contributed by atoms with Crippen LogP contribution in [-0.4, -0.2) is 14.6 Å². The second-order valence-corrected chi connectivity index (χ2v) is 14.1. The third kappa shape index (κ3) is 6.40. The molecule has 0 saturated carbocycles. The van der Waals surface area contributed by atoms with Crippen LogP contribution >= 0.6 is 0 Å². The number of anilines is 1. The Morgan fingerprint density at radius 2 is 1.55 bits per heavy atom. The quantitative estimate of drug-likeness (QED) is 0.215. The zero-order chi connectivity index (χ0) is 32.2. The van der Waals surface area contributed by atoms with Gasteiger partial charge in [0.1, 0.15) is 0 Å². The molecule has 1 atom stereocenters. The summed E-state index contributed by atoms with van der Waals surface area (Å²) < 4.78 is 25.0. The Bertz CT molecular complexity index is 2360. The maximum absolute atomic E-state index is 12.5. The summed E-state index contributed by atoms with van der Waals surface area (Å²) in [5, 5.41) is 8.69. The number of fused-ring (bicyclic) bond motifs is 5. The van der Waals surface area contributed by atoms with Crippen LogP contribution in [0.2, 0.25) is 0 Å². The lowest BCUT2D eigenvalue weighted by atomic mass is 9.88. The average molecular weight is 633 g/mol. The number of benzene rings is 5. The molecule has 1 heterocycles. The monoisotopic (exact) mass is 632 g/mol. The van der Waals surface area contributed by atoms with Crippen molar-refractivity contribution in [3.05, 3.63) is 182 Å². The number of allylic oxidation sites excluding steroid dienone is 1. The third-order valence-electron chi connectivity index (χ3n) is 9.06. The van der Waals surface area contributed by atoms with E-state index in [2.05, 4.69) is 120 Å². The molecule has 0 unspecified atom stereocenters.